The normalized spacial score (nSPS) is 19.1. The van der Waals surface area contributed by atoms with Crippen LogP contribution in [0.5, 0.6) is 0 Å². The molecule has 1 aromatic heterocycles. The van der Waals surface area contributed by atoms with Crippen molar-refractivity contribution in [1.82, 2.24) is 9.55 Å². The highest BCUT2D eigenvalue weighted by atomic mass is 32.2. The summed E-state index contributed by atoms with van der Waals surface area (Å²) >= 11 is 1.99. The SMILES string of the molecule is Cc1cc(C(C)(C)C)cc(C)c1-n1ccnc1-c1cccc2c1SC(C)C2C. The number of benzene rings is 2. The number of fused-ring (bicyclic) bond motifs is 1. The minimum Gasteiger partial charge on any atom is -0.299 e. The summed E-state index contributed by atoms with van der Waals surface area (Å²) in [6.07, 6.45) is 4.03. The third kappa shape index (κ3) is 3.10. The molecule has 0 saturated heterocycles. The standard InChI is InChI=1S/C25H30N2S/c1-15-13-19(25(5,6)7)14-16(2)22(15)27-12-11-26-24(27)21-10-8-9-20-17(3)18(4)28-23(20)21/h8-14,17-18H,1-7H3. The van der Waals surface area contributed by atoms with Gasteiger partial charge in [0.05, 0.1) is 5.69 Å². The maximum absolute atomic E-state index is 4.79. The molecule has 0 spiro atoms. The first-order valence-electron chi connectivity index (χ1n) is 10.1. The summed E-state index contributed by atoms with van der Waals surface area (Å²) in [7, 11) is 0. The number of imidazole rings is 1. The van der Waals surface area contributed by atoms with Crippen LogP contribution < -0.4 is 0 Å². The lowest BCUT2D eigenvalue weighted by atomic mass is 9.84. The smallest absolute Gasteiger partial charge is 0.145 e. The van der Waals surface area contributed by atoms with Crippen LogP contribution in [0, 0.1) is 13.8 Å². The number of hydrogen-bond acceptors (Lipinski definition) is 2. The minimum atomic E-state index is 0.148. The Morgan fingerprint density at radius 2 is 1.71 bits per heavy atom. The second-order valence-electron chi connectivity index (χ2n) is 9.17. The van der Waals surface area contributed by atoms with Gasteiger partial charge in [-0.15, -0.1) is 11.8 Å². The molecule has 0 aliphatic carbocycles. The molecule has 3 heteroatoms. The van der Waals surface area contributed by atoms with E-state index in [9.17, 15) is 0 Å². The Morgan fingerprint density at radius 3 is 2.36 bits per heavy atom. The molecular formula is C25H30N2S. The molecule has 1 aliphatic rings. The van der Waals surface area contributed by atoms with Crippen molar-refractivity contribution in [3.8, 4) is 17.1 Å². The first-order valence-corrected chi connectivity index (χ1v) is 11.0. The van der Waals surface area contributed by atoms with Gasteiger partial charge in [0.2, 0.25) is 0 Å². The Labute approximate surface area is 173 Å². The topological polar surface area (TPSA) is 17.8 Å². The van der Waals surface area contributed by atoms with Crippen molar-refractivity contribution in [3.63, 3.8) is 0 Å². The molecule has 146 valence electrons. The Morgan fingerprint density at radius 1 is 1.04 bits per heavy atom. The Balaban J connectivity index is 1.88. The fourth-order valence-corrected chi connectivity index (χ4v) is 5.61. The van der Waals surface area contributed by atoms with E-state index in [2.05, 4.69) is 89.6 Å². The van der Waals surface area contributed by atoms with Crippen LogP contribution in [-0.2, 0) is 5.41 Å². The monoisotopic (exact) mass is 390 g/mol. The summed E-state index contributed by atoms with van der Waals surface area (Å²) in [5.41, 5.74) is 8.09. The lowest BCUT2D eigenvalue weighted by Crippen LogP contribution is -2.13. The predicted molar refractivity (Wildman–Crippen MR) is 121 cm³/mol. The third-order valence-corrected chi connectivity index (χ3v) is 7.49. The number of thioether (sulfide) groups is 1. The van der Waals surface area contributed by atoms with E-state index >= 15 is 0 Å². The lowest BCUT2D eigenvalue weighted by Gasteiger charge is -2.23. The van der Waals surface area contributed by atoms with Gasteiger partial charge in [0, 0.05) is 28.1 Å². The van der Waals surface area contributed by atoms with Gasteiger partial charge in [0.25, 0.3) is 0 Å². The Kier molecular flexibility index (Phi) is 4.70. The highest BCUT2D eigenvalue weighted by Crippen LogP contribution is 2.49. The van der Waals surface area contributed by atoms with Crippen molar-refractivity contribution in [2.75, 3.05) is 0 Å². The zero-order valence-corrected chi connectivity index (χ0v) is 18.8. The Bertz CT molecular complexity index is 1020. The van der Waals surface area contributed by atoms with Gasteiger partial charge in [-0.2, -0.15) is 0 Å². The molecule has 3 aromatic rings. The quantitative estimate of drug-likeness (QED) is 0.466. The second-order valence-corrected chi connectivity index (χ2v) is 10.6. The fourth-order valence-electron chi connectivity index (χ4n) is 4.21. The second kappa shape index (κ2) is 6.81. The van der Waals surface area contributed by atoms with E-state index in [1.54, 1.807) is 0 Å². The lowest BCUT2D eigenvalue weighted by molar-refractivity contribution is 0.589. The van der Waals surface area contributed by atoms with Crippen molar-refractivity contribution >= 4 is 11.8 Å². The van der Waals surface area contributed by atoms with E-state index in [0.717, 1.165) is 5.82 Å². The number of hydrogen-bond donors (Lipinski definition) is 0. The van der Waals surface area contributed by atoms with Gasteiger partial charge in [-0.1, -0.05) is 65.0 Å². The maximum atomic E-state index is 4.79. The van der Waals surface area contributed by atoms with Crippen LogP contribution in [0.15, 0.2) is 47.6 Å². The van der Waals surface area contributed by atoms with Crippen LogP contribution in [-0.4, -0.2) is 14.8 Å². The summed E-state index contributed by atoms with van der Waals surface area (Å²) in [6, 6.07) is 11.4. The molecule has 0 radical (unpaired) electrons. The molecule has 2 aromatic carbocycles. The number of rotatable bonds is 2. The van der Waals surface area contributed by atoms with Gasteiger partial charge in [-0.05, 0) is 47.4 Å². The Hall–Kier alpha value is -2.00. The molecule has 0 amide bonds. The van der Waals surface area contributed by atoms with Crippen molar-refractivity contribution < 1.29 is 0 Å². The third-order valence-electron chi connectivity index (χ3n) is 6.02. The molecular weight excluding hydrogens is 360 g/mol. The largest absolute Gasteiger partial charge is 0.299 e. The predicted octanol–water partition coefficient (Wildman–Crippen LogP) is 7.05. The van der Waals surface area contributed by atoms with Gasteiger partial charge in [-0.3, -0.25) is 4.57 Å². The molecule has 0 bridgehead atoms. The van der Waals surface area contributed by atoms with Crippen molar-refractivity contribution in [1.29, 1.82) is 0 Å². The average Bonchev–Trinajstić information content (AvgIpc) is 3.19. The maximum Gasteiger partial charge on any atom is 0.145 e. The first kappa shape index (κ1) is 19.3. The summed E-state index contributed by atoms with van der Waals surface area (Å²) in [4.78, 5) is 6.19. The van der Waals surface area contributed by atoms with Gasteiger partial charge < -0.3 is 0 Å². The highest BCUT2D eigenvalue weighted by Gasteiger charge is 2.30. The van der Waals surface area contributed by atoms with Crippen molar-refractivity contribution in [3.05, 3.63) is 65.0 Å². The van der Waals surface area contributed by atoms with Gasteiger partial charge in [0.1, 0.15) is 5.82 Å². The van der Waals surface area contributed by atoms with E-state index in [4.69, 9.17) is 4.98 Å². The zero-order chi connectivity index (χ0) is 20.2. The molecule has 1 aliphatic heterocycles. The molecule has 0 N–H and O–H groups in total. The molecule has 2 atom stereocenters. The minimum absolute atomic E-state index is 0.148. The summed E-state index contributed by atoms with van der Waals surface area (Å²) in [5, 5.41) is 0.606. The molecule has 4 rings (SSSR count). The van der Waals surface area contributed by atoms with Gasteiger partial charge in [0.15, 0.2) is 0 Å². The number of aryl methyl sites for hydroxylation is 2. The summed E-state index contributed by atoms with van der Waals surface area (Å²) in [6.45, 7) is 15.9. The van der Waals surface area contributed by atoms with Crippen LogP contribution in [0.1, 0.15) is 62.8 Å². The average molecular weight is 391 g/mol. The van der Waals surface area contributed by atoms with Crippen LogP contribution in [0.4, 0.5) is 0 Å². The summed E-state index contributed by atoms with van der Waals surface area (Å²) < 4.78 is 2.28. The number of nitrogens with zero attached hydrogens (tertiary/aromatic N) is 2. The van der Waals surface area contributed by atoms with E-state index in [1.165, 1.54) is 38.4 Å². The van der Waals surface area contributed by atoms with E-state index in [1.807, 2.05) is 18.0 Å². The fraction of sp³-hybridized carbons (Fsp3) is 0.400. The van der Waals surface area contributed by atoms with Crippen LogP contribution in [0.25, 0.3) is 17.1 Å². The molecule has 0 fully saturated rings. The van der Waals surface area contributed by atoms with Crippen LogP contribution >= 0.6 is 11.8 Å². The van der Waals surface area contributed by atoms with E-state index in [0.29, 0.717) is 11.2 Å². The van der Waals surface area contributed by atoms with Crippen LogP contribution in [0.3, 0.4) is 0 Å². The van der Waals surface area contributed by atoms with Crippen molar-refractivity contribution in [2.24, 2.45) is 0 Å². The molecule has 2 nitrogen and oxygen atoms in total. The zero-order valence-electron chi connectivity index (χ0n) is 18.0. The van der Waals surface area contributed by atoms with Gasteiger partial charge in [-0.25, -0.2) is 4.98 Å². The first-order chi connectivity index (χ1) is 13.2. The van der Waals surface area contributed by atoms with Crippen molar-refractivity contribution in [2.45, 2.75) is 69.9 Å². The van der Waals surface area contributed by atoms with E-state index < -0.39 is 0 Å². The number of aromatic nitrogens is 2. The molecule has 0 saturated carbocycles. The highest BCUT2D eigenvalue weighted by molar-refractivity contribution is 8.00. The molecule has 28 heavy (non-hydrogen) atoms. The van der Waals surface area contributed by atoms with Crippen LogP contribution in [0.2, 0.25) is 0 Å². The summed E-state index contributed by atoms with van der Waals surface area (Å²) in [5.74, 6) is 1.62. The van der Waals surface area contributed by atoms with Gasteiger partial charge >= 0.3 is 0 Å². The molecule has 2 unspecified atom stereocenters. The van der Waals surface area contributed by atoms with E-state index in [-0.39, 0.29) is 5.41 Å². The molecule has 2 heterocycles.